The van der Waals surface area contributed by atoms with E-state index >= 15 is 0 Å². The van der Waals surface area contributed by atoms with Crippen LogP contribution in [0, 0.1) is 25.2 Å². The van der Waals surface area contributed by atoms with Crippen LogP contribution < -0.4 is 10.3 Å². The zero-order chi connectivity index (χ0) is 23.6. The van der Waals surface area contributed by atoms with Gasteiger partial charge in [-0.1, -0.05) is 41.5 Å². The summed E-state index contributed by atoms with van der Waals surface area (Å²) in [5.74, 6) is 0.323. The third-order valence-corrected chi connectivity index (χ3v) is 6.66. The average molecular weight is 458 g/mol. The van der Waals surface area contributed by atoms with E-state index < -0.39 is 20.3 Å². The minimum atomic E-state index is -4.16. The molecule has 0 bridgehead atoms. The number of rotatable bonds is 5. The summed E-state index contributed by atoms with van der Waals surface area (Å²) >= 11 is 0. The highest BCUT2D eigenvalue weighted by Gasteiger charge is 2.23. The molecule has 4 rings (SSSR count). The van der Waals surface area contributed by atoms with E-state index in [0.717, 1.165) is 17.2 Å². The number of allylic oxidation sites excluding steroid dienone is 1. The molecule has 2 aromatic heterocycles. The quantitative estimate of drug-likeness (QED) is 0.411. The third kappa shape index (κ3) is 4.40. The molecule has 0 radical (unpaired) electrons. The summed E-state index contributed by atoms with van der Waals surface area (Å²) in [6.07, 6.45) is 2.53. The Bertz CT molecular complexity index is 1580. The molecule has 33 heavy (non-hydrogen) atoms. The lowest BCUT2D eigenvalue weighted by molar-refractivity contribution is 0.461. The third-order valence-electron chi connectivity index (χ3n) is 4.98. The number of aromatic nitrogens is 2. The van der Waals surface area contributed by atoms with E-state index in [1.54, 1.807) is 48.5 Å². The van der Waals surface area contributed by atoms with Crippen LogP contribution in [0.3, 0.4) is 0 Å². The molecule has 164 valence electrons. The van der Waals surface area contributed by atoms with Gasteiger partial charge in [-0.15, -0.1) is 0 Å². The number of nitrogens with zero attached hydrogens (tertiary/aromatic N) is 3. The SMILES string of the molecule is Cc1ccc(Oc2nc3ccccn3c(=O)c2/C=C(/C#N)S(=O)(=O)c2ccc(C)cc2)cc1. The number of hydrogen-bond donors (Lipinski definition) is 0. The molecule has 2 aromatic carbocycles. The fraction of sp³-hybridized carbons (Fsp3) is 0.0800. The van der Waals surface area contributed by atoms with Crippen LogP contribution in [0.25, 0.3) is 11.7 Å². The van der Waals surface area contributed by atoms with Crippen LogP contribution in [-0.2, 0) is 9.84 Å². The van der Waals surface area contributed by atoms with Gasteiger partial charge in [-0.2, -0.15) is 10.2 Å². The van der Waals surface area contributed by atoms with Gasteiger partial charge in [-0.05, 0) is 56.3 Å². The standard InChI is InChI=1S/C25H19N3O4S/c1-17-6-10-19(11-7-17)32-24-22(25(29)28-14-4-3-5-23(28)27-24)15-21(16-26)33(30,31)20-12-8-18(2)9-13-20/h3-15H,1-2H3/b21-15-. The molecule has 0 saturated carbocycles. The van der Waals surface area contributed by atoms with Gasteiger partial charge in [0.2, 0.25) is 15.7 Å². The van der Waals surface area contributed by atoms with Crippen molar-refractivity contribution in [3.8, 4) is 17.7 Å². The van der Waals surface area contributed by atoms with Crippen molar-refractivity contribution in [2.45, 2.75) is 18.7 Å². The highest BCUT2D eigenvalue weighted by atomic mass is 32.2. The Labute approximate surface area is 190 Å². The van der Waals surface area contributed by atoms with E-state index in [9.17, 15) is 18.5 Å². The number of nitriles is 1. The molecule has 0 aliphatic carbocycles. The van der Waals surface area contributed by atoms with Crippen molar-refractivity contribution < 1.29 is 13.2 Å². The zero-order valence-electron chi connectivity index (χ0n) is 17.9. The van der Waals surface area contributed by atoms with Gasteiger partial charge in [0.15, 0.2) is 0 Å². The number of sulfone groups is 1. The lowest BCUT2D eigenvalue weighted by atomic mass is 10.2. The summed E-state index contributed by atoms with van der Waals surface area (Å²) in [5, 5.41) is 9.69. The number of pyridine rings is 1. The van der Waals surface area contributed by atoms with Crippen LogP contribution in [0.1, 0.15) is 16.7 Å². The first-order chi connectivity index (χ1) is 15.8. The first-order valence-corrected chi connectivity index (χ1v) is 11.5. The van der Waals surface area contributed by atoms with Crippen LogP contribution in [0.15, 0.2) is 87.5 Å². The molecule has 0 amide bonds. The molecule has 7 nitrogen and oxygen atoms in total. The number of benzene rings is 2. The molecule has 4 aromatic rings. The fourth-order valence-electron chi connectivity index (χ4n) is 3.15. The van der Waals surface area contributed by atoms with E-state index in [1.807, 2.05) is 26.0 Å². The molecular formula is C25H19N3O4S. The van der Waals surface area contributed by atoms with E-state index in [2.05, 4.69) is 4.98 Å². The maximum Gasteiger partial charge on any atom is 0.269 e. The van der Waals surface area contributed by atoms with Gasteiger partial charge in [0, 0.05) is 6.20 Å². The van der Waals surface area contributed by atoms with Gasteiger partial charge in [-0.25, -0.2) is 8.42 Å². The average Bonchev–Trinajstić information content (AvgIpc) is 2.80. The lowest BCUT2D eigenvalue weighted by Gasteiger charge is -2.11. The number of ether oxygens (including phenoxy) is 1. The van der Waals surface area contributed by atoms with Crippen molar-refractivity contribution in [2.24, 2.45) is 0 Å². The molecule has 0 aliphatic rings. The molecule has 0 fully saturated rings. The molecule has 0 atom stereocenters. The Kier molecular flexibility index (Phi) is 5.82. The van der Waals surface area contributed by atoms with E-state index in [-0.39, 0.29) is 16.3 Å². The van der Waals surface area contributed by atoms with Crippen LogP contribution in [0.2, 0.25) is 0 Å². The summed E-state index contributed by atoms with van der Waals surface area (Å²) in [6, 6.07) is 19.9. The van der Waals surface area contributed by atoms with Gasteiger partial charge >= 0.3 is 0 Å². The number of fused-ring (bicyclic) bond motifs is 1. The van der Waals surface area contributed by atoms with Crippen LogP contribution in [0.4, 0.5) is 0 Å². The zero-order valence-corrected chi connectivity index (χ0v) is 18.7. The Balaban J connectivity index is 1.92. The summed E-state index contributed by atoms with van der Waals surface area (Å²) in [5.41, 5.74) is 1.51. The summed E-state index contributed by atoms with van der Waals surface area (Å²) in [7, 11) is -4.16. The molecule has 0 unspecified atom stereocenters. The van der Waals surface area contributed by atoms with Crippen molar-refractivity contribution in [3.63, 3.8) is 0 Å². The van der Waals surface area contributed by atoms with Gasteiger partial charge in [0.25, 0.3) is 5.56 Å². The molecule has 0 N–H and O–H groups in total. The summed E-state index contributed by atoms with van der Waals surface area (Å²) < 4.78 is 33.3. The first-order valence-electron chi connectivity index (χ1n) is 9.99. The second-order valence-electron chi connectivity index (χ2n) is 7.42. The highest BCUT2D eigenvalue weighted by molar-refractivity contribution is 7.95. The Morgan fingerprint density at radius 3 is 2.27 bits per heavy atom. The van der Waals surface area contributed by atoms with Gasteiger partial charge in [0.1, 0.15) is 27.9 Å². The Hall–Kier alpha value is -4.22. The molecular weight excluding hydrogens is 438 g/mol. The molecule has 0 spiro atoms. The van der Waals surface area contributed by atoms with Gasteiger partial charge in [-0.3, -0.25) is 9.20 Å². The van der Waals surface area contributed by atoms with Crippen molar-refractivity contribution in [1.82, 2.24) is 9.38 Å². The molecule has 8 heteroatoms. The van der Waals surface area contributed by atoms with E-state index in [0.29, 0.717) is 11.4 Å². The predicted molar refractivity (Wildman–Crippen MR) is 125 cm³/mol. The van der Waals surface area contributed by atoms with E-state index in [4.69, 9.17) is 4.74 Å². The first kappa shape index (κ1) is 22.0. The van der Waals surface area contributed by atoms with E-state index in [1.165, 1.54) is 22.7 Å². The summed E-state index contributed by atoms with van der Waals surface area (Å²) in [4.78, 5) is 17.0. The minimum Gasteiger partial charge on any atom is -0.438 e. The topological polar surface area (TPSA) is 102 Å². The van der Waals surface area contributed by atoms with Crippen molar-refractivity contribution >= 4 is 21.6 Å². The monoisotopic (exact) mass is 457 g/mol. The number of hydrogen-bond acceptors (Lipinski definition) is 6. The maximum atomic E-state index is 13.2. The van der Waals surface area contributed by atoms with Gasteiger partial charge < -0.3 is 4.74 Å². The van der Waals surface area contributed by atoms with Crippen molar-refractivity contribution in [1.29, 1.82) is 5.26 Å². The second-order valence-corrected chi connectivity index (χ2v) is 9.33. The smallest absolute Gasteiger partial charge is 0.269 e. The number of aryl methyl sites for hydroxylation is 2. The van der Waals surface area contributed by atoms with Crippen LogP contribution >= 0.6 is 0 Å². The Morgan fingerprint density at radius 2 is 1.64 bits per heavy atom. The second kappa shape index (κ2) is 8.73. The lowest BCUT2D eigenvalue weighted by Crippen LogP contribution is -2.19. The molecule has 0 aliphatic heterocycles. The van der Waals surface area contributed by atoms with Gasteiger partial charge in [0.05, 0.1) is 4.90 Å². The van der Waals surface area contributed by atoms with Crippen LogP contribution in [-0.4, -0.2) is 17.8 Å². The maximum absolute atomic E-state index is 13.2. The van der Waals surface area contributed by atoms with Crippen molar-refractivity contribution in [3.05, 3.63) is 105 Å². The van der Waals surface area contributed by atoms with Crippen molar-refractivity contribution in [2.75, 3.05) is 0 Å². The van der Waals surface area contributed by atoms with Crippen LogP contribution in [0.5, 0.6) is 11.6 Å². The largest absolute Gasteiger partial charge is 0.438 e. The normalized spacial score (nSPS) is 11.8. The highest BCUT2D eigenvalue weighted by Crippen LogP contribution is 2.27. The predicted octanol–water partition coefficient (Wildman–Crippen LogP) is 4.44. The summed E-state index contributed by atoms with van der Waals surface area (Å²) in [6.45, 7) is 3.75. The Morgan fingerprint density at radius 1 is 1.00 bits per heavy atom. The molecule has 0 saturated heterocycles. The minimum absolute atomic E-state index is 0.0456. The fourth-order valence-corrected chi connectivity index (χ4v) is 4.29. The molecule has 2 heterocycles.